The van der Waals surface area contributed by atoms with Crippen molar-refractivity contribution in [3.05, 3.63) is 76.9 Å². The van der Waals surface area contributed by atoms with E-state index < -0.39 is 0 Å². The van der Waals surface area contributed by atoms with Gasteiger partial charge in [0.2, 0.25) is 0 Å². The van der Waals surface area contributed by atoms with E-state index in [1.165, 1.54) is 23.5 Å². The highest BCUT2D eigenvalue weighted by Crippen LogP contribution is 2.34. The summed E-state index contributed by atoms with van der Waals surface area (Å²) in [5.74, 6) is 0.269. The number of anilines is 1. The first-order valence-corrected chi connectivity index (χ1v) is 10.2. The fraction of sp³-hybridized carbons (Fsp3) is 0.130. The lowest BCUT2D eigenvalue weighted by Crippen LogP contribution is -2.25. The van der Waals surface area contributed by atoms with Crippen LogP contribution in [0.1, 0.15) is 15.2 Å². The summed E-state index contributed by atoms with van der Waals surface area (Å²) >= 11 is 1.27. The van der Waals surface area contributed by atoms with E-state index in [0.717, 1.165) is 28.0 Å². The second-order valence-corrected chi connectivity index (χ2v) is 7.75. The van der Waals surface area contributed by atoms with Crippen molar-refractivity contribution in [2.75, 3.05) is 19.4 Å². The number of methoxy groups -OCH3 is 1. The molecule has 0 saturated carbocycles. The van der Waals surface area contributed by atoms with Crippen molar-refractivity contribution >= 4 is 33.1 Å². The second kappa shape index (κ2) is 8.51. The van der Waals surface area contributed by atoms with Crippen LogP contribution in [0.3, 0.4) is 0 Å². The largest absolute Gasteiger partial charge is 0.497 e. The highest BCUT2D eigenvalue weighted by atomic mass is 32.1. The molecule has 0 radical (unpaired) electrons. The molecule has 0 bridgehead atoms. The summed E-state index contributed by atoms with van der Waals surface area (Å²) in [4.78, 5) is 18.5. The molecule has 3 N–H and O–H groups in total. The molecular weight excluding hydrogens is 401 g/mol. The van der Waals surface area contributed by atoms with Gasteiger partial charge in [0.05, 0.1) is 18.5 Å². The van der Waals surface area contributed by atoms with Crippen LogP contribution in [-0.4, -0.2) is 24.5 Å². The minimum absolute atomic E-state index is 0.233. The van der Waals surface area contributed by atoms with Crippen molar-refractivity contribution in [3.63, 3.8) is 0 Å². The van der Waals surface area contributed by atoms with Gasteiger partial charge < -0.3 is 15.8 Å². The van der Waals surface area contributed by atoms with Crippen LogP contribution in [0.5, 0.6) is 5.75 Å². The van der Waals surface area contributed by atoms with Crippen molar-refractivity contribution in [3.8, 4) is 17.0 Å². The monoisotopic (exact) mass is 421 g/mol. The minimum atomic E-state index is -0.276. The first kappa shape index (κ1) is 19.8. The Hall–Kier alpha value is -3.45. The van der Waals surface area contributed by atoms with Gasteiger partial charge in [-0.15, -0.1) is 11.3 Å². The van der Waals surface area contributed by atoms with Crippen molar-refractivity contribution in [1.82, 2.24) is 10.3 Å². The molecule has 4 rings (SSSR count). The lowest BCUT2D eigenvalue weighted by Gasteiger charge is -2.05. The Morgan fingerprint density at radius 3 is 2.53 bits per heavy atom. The molecular formula is C23H20FN3O2S. The van der Waals surface area contributed by atoms with Gasteiger partial charge in [0, 0.05) is 17.5 Å². The normalized spacial score (nSPS) is 10.9. The summed E-state index contributed by atoms with van der Waals surface area (Å²) in [5.41, 5.74) is 9.36. The van der Waals surface area contributed by atoms with Crippen LogP contribution in [0, 0.1) is 5.82 Å². The van der Waals surface area contributed by atoms with E-state index in [1.807, 2.05) is 36.4 Å². The Balaban J connectivity index is 1.50. The number of nitrogens with one attached hydrogen (secondary N) is 1. The van der Waals surface area contributed by atoms with E-state index in [2.05, 4.69) is 10.3 Å². The smallest absolute Gasteiger partial charge is 0.263 e. The summed E-state index contributed by atoms with van der Waals surface area (Å²) in [7, 11) is 1.62. The molecule has 0 atom stereocenters. The fourth-order valence-electron chi connectivity index (χ4n) is 3.14. The Morgan fingerprint density at radius 1 is 1.10 bits per heavy atom. The standard InChI is InChI=1S/C23H20FN3O2S/c1-29-17-8-4-15(5-9-17)19-11-10-18-20(25)21(30-23(18)27-19)22(28)26-13-12-14-2-6-16(24)7-3-14/h2-11H,12-13,25H2,1H3,(H,26,28). The first-order valence-electron chi connectivity index (χ1n) is 9.41. The molecule has 0 aliphatic carbocycles. The molecule has 2 aromatic carbocycles. The number of ether oxygens (including phenoxy) is 1. The third-order valence-corrected chi connectivity index (χ3v) is 5.91. The quantitative estimate of drug-likeness (QED) is 0.474. The van der Waals surface area contributed by atoms with E-state index in [0.29, 0.717) is 28.4 Å². The Morgan fingerprint density at radius 2 is 1.83 bits per heavy atom. The van der Waals surface area contributed by atoms with Gasteiger partial charge in [0.25, 0.3) is 5.91 Å². The molecule has 7 heteroatoms. The zero-order valence-corrected chi connectivity index (χ0v) is 17.1. The minimum Gasteiger partial charge on any atom is -0.497 e. The first-order chi connectivity index (χ1) is 14.5. The van der Waals surface area contributed by atoms with Crippen molar-refractivity contribution < 1.29 is 13.9 Å². The van der Waals surface area contributed by atoms with Crippen molar-refractivity contribution in [2.24, 2.45) is 0 Å². The van der Waals surface area contributed by atoms with Crippen LogP contribution < -0.4 is 15.8 Å². The average Bonchev–Trinajstić information content (AvgIpc) is 3.11. The van der Waals surface area contributed by atoms with Gasteiger partial charge in [-0.05, 0) is 60.5 Å². The summed E-state index contributed by atoms with van der Waals surface area (Å²) in [6.45, 7) is 0.433. The number of hydrogen-bond acceptors (Lipinski definition) is 5. The van der Waals surface area contributed by atoms with E-state index in [4.69, 9.17) is 10.5 Å². The lowest BCUT2D eigenvalue weighted by molar-refractivity contribution is 0.0959. The number of nitrogen functional groups attached to an aromatic ring is 1. The van der Waals surface area contributed by atoms with Gasteiger partial charge in [0.15, 0.2) is 0 Å². The van der Waals surface area contributed by atoms with Crippen LogP contribution in [0.15, 0.2) is 60.7 Å². The molecule has 0 aliphatic heterocycles. The molecule has 30 heavy (non-hydrogen) atoms. The van der Waals surface area contributed by atoms with Crippen LogP contribution in [-0.2, 0) is 6.42 Å². The SMILES string of the molecule is COc1ccc(-c2ccc3c(N)c(C(=O)NCCc4ccc(F)cc4)sc3n2)cc1. The summed E-state index contributed by atoms with van der Waals surface area (Å²) in [6, 6.07) is 17.7. The molecule has 2 heterocycles. The predicted octanol–water partition coefficient (Wildman–Crippen LogP) is 4.67. The number of hydrogen-bond donors (Lipinski definition) is 2. The number of halogens is 1. The van der Waals surface area contributed by atoms with Gasteiger partial charge >= 0.3 is 0 Å². The number of nitrogens with two attached hydrogens (primary N) is 1. The molecule has 152 valence electrons. The summed E-state index contributed by atoms with van der Waals surface area (Å²) < 4.78 is 18.2. The molecule has 0 spiro atoms. The lowest BCUT2D eigenvalue weighted by atomic mass is 10.1. The van der Waals surface area contributed by atoms with E-state index in [1.54, 1.807) is 19.2 Å². The zero-order chi connectivity index (χ0) is 21.1. The van der Waals surface area contributed by atoms with E-state index in [9.17, 15) is 9.18 Å². The molecule has 0 unspecified atom stereocenters. The molecule has 4 aromatic rings. The van der Waals surface area contributed by atoms with Gasteiger partial charge in [0.1, 0.15) is 21.3 Å². The number of amides is 1. The van der Waals surface area contributed by atoms with Crippen molar-refractivity contribution in [1.29, 1.82) is 0 Å². The average molecular weight is 421 g/mol. The van der Waals surface area contributed by atoms with Crippen LogP contribution in [0.2, 0.25) is 0 Å². The maximum Gasteiger partial charge on any atom is 0.263 e. The van der Waals surface area contributed by atoms with E-state index >= 15 is 0 Å². The number of rotatable bonds is 6. The molecule has 5 nitrogen and oxygen atoms in total. The molecule has 0 fully saturated rings. The van der Waals surface area contributed by atoms with Gasteiger partial charge in [-0.1, -0.05) is 12.1 Å². The molecule has 0 saturated heterocycles. The highest BCUT2D eigenvalue weighted by molar-refractivity contribution is 7.21. The van der Waals surface area contributed by atoms with Gasteiger partial charge in [-0.3, -0.25) is 4.79 Å². The number of thiophene rings is 1. The number of aromatic nitrogens is 1. The highest BCUT2D eigenvalue weighted by Gasteiger charge is 2.17. The zero-order valence-electron chi connectivity index (χ0n) is 16.3. The number of fused-ring (bicyclic) bond motifs is 1. The maximum absolute atomic E-state index is 13.0. The number of carbonyl (C=O) groups excluding carboxylic acids is 1. The van der Waals surface area contributed by atoms with Crippen LogP contribution in [0.25, 0.3) is 21.5 Å². The Bertz CT molecular complexity index is 1190. The Kier molecular flexibility index (Phi) is 5.63. The van der Waals surface area contributed by atoms with Gasteiger partial charge in [-0.2, -0.15) is 0 Å². The third-order valence-electron chi connectivity index (χ3n) is 4.80. The van der Waals surface area contributed by atoms with Gasteiger partial charge in [-0.25, -0.2) is 9.37 Å². The van der Waals surface area contributed by atoms with Crippen molar-refractivity contribution in [2.45, 2.75) is 6.42 Å². The summed E-state index contributed by atoms with van der Waals surface area (Å²) in [5, 5.41) is 3.64. The van der Waals surface area contributed by atoms with E-state index in [-0.39, 0.29) is 11.7 Å². The molecule has 1 amide bonds. The molecule has 2 aromatic heterocycles. The van der Waals surface area contributed by atoms with Crippen LogP contribution in [0.4, 0.5) is 10.1 Å². The third kappa shape index (κ3) is 4.11. The number of benzene rings is 2. The topological polar surface area (TPSA) is 77.2 Å². The van der Waals surface area contributed by atoms with Crippen LogP contribution >= 0.6 is 11.3 Å². The maximum atomic E-state index is 13.0. The predicted molar refractivity (Wildman–Crippen MR) is 118 cm³/mol. The summed E-state index contributed by atoms with van der Waals surface area (Å²) in [6.07, 6.45) is 0.608. The second-order valence-electron chi connectivity index (χ2n) is 6.75. The number of pyridine rings is 1. The number of nitrogens with zero attached hydrogens (tertiary/aromatic N) is 1. The fourth-order valence-corrected chi connectivity index (χ4v) is 4.15. The molecule has 0 aliphatic rings. The number of carbonyl (C=O) groups is 1. The Labute approximate surface area is 177 Å².